The average Bonchev–Trinajstić information content (AvgIpc) is 2.22. The molecule has 1 aliphatic heterocycles. The van der Waals surface area contributed by atoms with Crippen molar-refractivity contribution in [3.8, 4) is 0 Å². The van der Waals surface area contributed by atoms with E-state index in [-0.39, 0.29) is 13.2 Å². The molecule has 0 unspecified atom stereocenters. The minimum absolute atomic E-state index is 0.230. The predicted molar refractivity (Wildman–Crippen MR) is 50.0 cm³/mol. The van der Waals surface area contributed by atoms with Gasteiger partial charge in [-0.25, -0.2) is 0 Å². The minimum Gasteiger partial charge on any atom is -0.388 e. The fraction of sp³-hybridized carbons (Fsp3) is 1.00. The van der Waals surface area contributed by atoms with Crippen LogP contribution >= 0.6 is 0 Å². The van der Waals surface area contributed by atoms with Crippen molar-refractivity contribution in [2.75, 3.05) is 19.8 Å². The number of aliphatic hydroxyl groups excluding tert-OH is 3. The van der Waals surface area contributed by atoms with Crippen LogP contribution in [0.5, 0.6) is 0 Å². The first kappa shape index (κ1) is 12.8. The molecule has 1 heterocycles. The van der Waals surface area contributed by atoms with Gasteiger partial charge in [-0.1, -0.05) is 6.92 Å². The Morgan fingerprint density at radius 2 is 2.07 bits per heavy atom. The molecule has 1 rings (SSSR count). The molecule has 0 aliphatic carbocycles. The summed E-state index contributed by atoms with van der Waals surface area (Å²) in [4.78, 5) is 0. The van der Waals surface area contributed by atoms with Crippen molar-refractivity contribution in [2.45, 2.75) is 37.4 Å². The van der Waals surface area contributed by atoms with Crippen molar-refractivity contribution in [3.05, 3.63) is 0 Å². The lowest BCUT2D eigenvalue weighted by atomic mass is 9.97. The minimum atomic E-state index is -1.94. The summed E-state index contributed by atoms with van der Waals surface area (Å²) in [6, 6.07) is 0. The van der Waals surface area contributed by atoms with Gasteiger partial charge in [0.1, 0.15) is 24.9 Å². The molecule has 0 amide bonds. The highest BCUT2D eigenvalue weighted by atomic mass is 16.7. The quantitative estimate of drug-likeness (QED) is 0.419. The van der Waals surface area contributed by atoms with Crippen LogP contribution in [0.25, 0.3) is 0 Å². The van der Waals surface area contributed by atoms with E-state index < -0.39 is 24.1 Å². The van der Waals surface area contributed by atoms with Crippen LogP contribution in [0.15, 0.2) is 0 Å². The summed E-state index contributed by atoms with van der Waals surface area (Å²) in [7, 11) is 0. The van der Waals surface area contributed by atoms with Crippen LogP contribution in [0, 0.1) is 0 Å². The smallest absolute Gasteiger partial charge is 0.219 e. The molecule has 1 fully saturated rings. The van der Waals surface area contributed by atoms with Gasteiger partial charge in [-0.3, -0.25) is 0 Å². The van der Waals surface area contributed by atoms with E-state index in [1.165, 1.54) is 0 Å². The van der Waals surface area contributed by atoms with Crippen molar-refractivity contribution in [3.63, 3.8) is 0 Å². The van der Waals surface area contributed by atoms with Gasteiger partial charge in [-0.05, 0) is 6.42 Å². The molecule has 6 nitrogen and oxygen atoms in total. The van der Waals surface area contributed by atoms with E-state index >= 15 is 0 Å². The molecule has 0 aromatic heterocycles. The Hall–Kier alpha value is -0.240. The highest BCUT2D eigenvalue weighted by Gasteiger charge is 2.48. The Bertz CT molecular complexity index is 199. The molecule has 0 aromatic carbocycles. The summed E-state index contributed by atoms with van der Waals surface area (Å²) in [6.45, 7) is 1.87. The summed E-state index contributed by atoms with van der Waals surface area (Å²) < 4.78 is 9.93. The van der Waals surface area contributed by atoms with Crippen LogP contribution < -0.4 is 0 Å². The molecule has 4 atom stereocenters. The molecule has 0 spiro atoms. The summed E-state index contributed by atoms with van der Waals surface area (Å²) >= 11 is 0. The van der Waals surface area contributed by atoms with E-state index in [0.717, 1.165) is 6.42 Å². The molecule has 4 N–H and O–H groups in total. The van der Waals surface area contributed by atoms with Gasteiger partial charge in [0.15, 0.2) is 0 Å². The number of aliphatic hydroxyl groups is 4. The summed E-state index contributed by atoms with van der Waals surface area (Å²) in [5, 5.41) is 37.8. The van der Waals surface area contributed by atoms with E-state index in [1.807, 2.05) is 6.92 Å². The standard InChI is InChI=1S/C9H18O6/c1-2-3-14-5-9(13)8(12)7(11)6(10)4-15-9/h6-8,10-13H,2-5H2,1H3/t6-,7+,8-,9+/m1/s1. The molecule has 1 aliphatic rings. The van der Waals surface area contributed by atoms with Gasteiger partial charge in [0.25, 0.3) is 0 Å². The lowest BCUT2D eigenvalue weighted by molar-refractivity contribution is -0.335. The van der Waals surface area contributed by atoms with Gasteiger partial charge in [0, 0.05) is 6.61 Å². The van der Waals surface area contributed by atoms with Gasteiger partial charge >= 0.3 is 0 Å². The first-order valence-electron chi connectivity index (χ1n) is 4.99. The zero-order valence-electron chi connectivity index (χ0n) is 8.67. The molecule has 6 heteroatoms. The molecular formula is C9H18O6. The second-order valence-electron chi connectivity index (χ2n) is 3.71. The van der Waals surface area contributed by atoms with Crippen molar-refractivity contribution in [2.24, 2.45) is 0 Å². The number of ether oxygens (including phenoxy) is 2. The number of rotatable bonds is 4. The van der Waals surface area contributed by atoms with Crippen LogP contribution in [0.3, 0.4) is 0 Å². The first-order valence-corrected chi connectivity index (χ1v) is 4.99. The summed E-state index contributed by atoms with van der Waals surface area (Å²) in [6.07, 6.45) is -3.41. The highest BCUT2D eigenvalue weighted by molar-refractivity contribution is 4.91. The maximum atomic E-state index is 9.79. The Morgan fingerprint density at radius 1 is 1.40 bits per heavy atom. The summed E-state index contributed by atoms with van der Waals surface area (Å²) in [5.74, 6) is -1.94. The van der Waals surface area contributed by atoms with E-state index in [9.17, 15) is 15.3 Å². The van der Waals surface area contributed by atoms with E-state index in [0.29, 0.717) is 6.61 Å². The Balaban J connectivity index is 2.51. The zero-order valence-corrected chi connectivity index (χ0v) is 8.67. The summed E-state index contributed by atoms with van der Waals surface area (Å²) in [5.41, 5.74) is 0. The molecule has 15 heavy (non-hydrogen) atoms. The van der Waals surface area contributed by atoms with Gasteiger partial charge in [-0.2, -0.15) is 0 Å². The SMILES string of the molecule is CCCOC[C@]1(O)OC[C@@H](O)[C@H](O)[C@H]1O. The predicted octanol–water partition coefficient (Wildman–Crippen LogP) is -1.79. The fourth-order valence-electron chi connectivity index (χ4n) is 1.38. The Morgan fingerprint density at radius 3 is 2.67 bits per heavy atom. The normalized spacial score (nSPS) is 41.8. The highest BCUT2D eigenvalue weighted by Crippen LogP contribution is 2.24. The van der Waals surface area contributed by atoms with Crippen molar-refractivity contribution in [1.29, 1.82) is 0 Å². The zero-order chi connectivity index (χ0) is 11.5. The van der Waals surface area contributed by atoms with Gasteiger partial charge in [0.05, 0.1) is 6.61 Å². The van der Waals surface area contributed by atoms with E-state index in [2.05, 4.69) is 0 Å². The van der Waals surface area contributed by atoms with Crippen molar-refractivity contribution < 1.29 is 29.9 Å². The average molecular weight is 222 g/mol. The lowest BCUT2D eigenvalue weighted by Crippen LogP contribution is -2.62. The third-order valence-electron chi connectivity index (χ3n) is 2.34. The second-order valence-corrected chi connectivity index (χ2v) is 3.71. The van der Waals surface area contributed by atoms with Crippen LogP contribution in [0.2, 0.25) is 0 Å². The van der Waals surface area contributed by atoms with E-state index in [1.54, 1.807) is 0 Å². The number of hydrogen-bond donors (Lipinski definition) is 4. The monoisotopic (exact) mass is 222 g/mol. The Kier molecular flexibility index (Phi) is 4.45. The fourth-order valence-corrected chi connectivity index (χ4v) is 1.38. The second kappa shape index (κ2) is 5.20. The molecule has 90 valence electrons. The van der Waals surface area contributed by atoms with Crippen molar-refractivity contribution >= 4 is 0 Å². The maximum absolute atomic E-state index is 9.79. The third-order valence-corrected chi connectivity index (χ3v) is 2.34. The molecule has 0 bridgehead atoms. The Labute approximate surface area is 88.1 Å². The van der Waals surface area contributed by atoms with Gasteiger partial charge in [-0.15, -0.1) is 0 Å². The molecule has 0 saturated carbocycles. The number of hydrogen-bond acceptors (Lipinski definition) is 6. The lowest BCUT2D eigenvalue weighted by Gasteiger charge is -2.41. The first-order chi connectivity index (χ1) is 7.01. The van der Waals surface area contributed by atoms with Crippen LogP contribution in [-0.2, 0) is 9.47 Å². The molecule has 1 saturated heterocycles. The van der Waals surface area contributed by atoms with Crippen LogP contribution in [0.4, 0.5) is 0 Å². The van der Waals surface area contributed by atoms with Gasteiger partial charge < -0.3 is 29.9 Å². The van der Waals surface area contributed by atoms with Gasteiger partial charge in [0.2, 0.25) is 5.79 Å². The maximum Gasteiger partial charge on any atom is 0.219 e. The van der Waals surface area contributed by atoms with Crippen LogP contribution in [0.1, 0.15) is 13.3 Å². The van der Waals surface area contributed by atoms with Crippen molar-refractivity contribution in [1.82, 2.24) is 0 Å². The molecule has 0 aromatic rings. The molecular weight excluding hydrogens is 204 g/mol. The van der Waals surface area contributed by atoms with E-state index in [4.69, 9.17) is 14.6 Å². The van der Waals surface area contributed by atoms with Crippen LogP contribution in [-0.4, -0.2) is 64.3 Å². The molecule has 0 radical (unpaired) electrons. The third kappa shape index (κ3) is 2.87. The topological polar surface area (TPSA) is 99.4 Å². The largest absolute Gasteiger partial charge is 0.388 e.